The average Bonchev–Trinajstić information content (AvgIpc) is 3.34. The van der Waals surface area contributed by atoms with Crippen LogP contribution in [0.1, 0.15) is 10.4 Å². The summed E-state index contributed by atoms with van der Waals surface area (Å²) in [4.78, 5) is 28.4. The van der Waals surface area contributed by atoms with Crippen molar-refractivity contribution in [3.63, 3.8) is 0 Å². The zero-order valence-corrected chi connectivity index (χ0v) is 14.4. The van der Waals surface area contributed by atoms with Gasteiger partial charge in [-0.2, -0.15) is 5.10 Å². The topological polar surface area (TPSA) is 90.0 Å². The van der Waals surface area contributed by atoms with Gasteiger partial charge in [-0.05, 0) is 36.4 Å². The zero-order valence-electron chi connectivity index (χ0n) is 13.6. The van der Waals surface area contributed by atoms with Gasteiger partial charge < -0.3 is 9.73 Å². The first kappa shape index (κ1) is 16.2. The molecule has 3 heterocycles. The van der Waals surface area contributed by atoms with Crippen LogP contribution in [0, 0.1) is 0 Å². The zero-order chi connectivity index (χ0) is 17.9. The molecule has 130 valence electrons. The monoisotopic (exact) mass is 366 g/mol. The Labute approximate surface area is 151 Å². The predicted molar refractivity (Wildman–Crippen MR) is 98.2 cm³/mol. The molecule has 1 amide bonds. The molecule has 0 bridgehead atoms. The van der Waals surface area contributed by atoms with Gasteiger partial charge in [0.15, 0.2) is 5.76 Å². The Morgan fingerprint density at radius 3 is 3.00 bits per heavy atom. The van der Waals surface area contributed by atoms with E-state index in [1.54, 1.807) is 36.0 Å². The number of rotatable bonds is 5. The van der Waals surface area contributed by atoms with Crippen LogP contribution in [0.2, 0.25) is 0 Å². The van der Waals surface area contributed by atoms with E-state index in [4.69, 9.17) is 4.42 Å². The van der Waals surface area contributed by atoms with Crippen molar-refractivity contribution in [3.05, 3.63) is 70.2 Å². The number of thiazole rings is 1. The number of hydrogen-bond acceptors (Lipinski definition) is 6. The highest BCUT2D eigenvalue weighted by Crippen LogP contribution is 2.19. The second kappa shape index (κ2) is 6.93. The first-order valence-corrected chi connectivity index (χ1v) is 8.82. The molecule has 0 saturated carbocycles. The Morgan fingerprint density at radius 1 is 1.23 bits per heavy atom. The molecule has 0 radical (unpaired) electrons. The van der Waals surface area contributed by atoms with Crippen LogP contribution in [0.4, 0.5) is 0 Å². The maximum Gasteiger partial charge on any atom is 0.266 e. The lowest BCUT2D eigenvalue weighted by molar-refractivity contribution is 0.0952. The second-order valence-corrected chi connectivity index (χ2v) is 6.43. The third kappa shape index (κ3) is 3.27. The smallest absolute Gasteiger partial charge is 0.266 e. The summed E-state index contributed by atoms with van der Waals surface area (Å²) in [5.74, 6) is 0.385. The highest BCUT2D eigenvalue weighted by Gasteiger charge is 2.09. The minimum atomic E-state index is -0.236. The van der Waals surface area contributed by atoms with E-state index < -0.39 is 0 Å². The number of nitrogens with zero attached hydrogens (tertiary/aromatic N) is 3. The van der Waals surface area contributed by atoms with E-state index in [1.165, 1.54) is 22.1 Å². The largest absolute Gasteiger partial charge is 0.463 e. The van der Waals surface area contributed by atoms with Gasteiger partial charge in [-0.15, -0.1) is 11.3 Å². The van der Waals surface area contributed by atoms with E-state index in [1.807, 2.05) is 12.1 Å². The molecule has 0 aliphatic rings. The summed E-state index contributed by atoms with van der Waals surface area (Å²) in [5.41, 5.74) is 3.51. The Balaban J connectivity index is 1.43. The molecule has 26 heavy (non-hydrogen) atoms. The van der Waals surface area contributed by atoms with Crippen LogP contribution >= 0.6 is 11.3 Å². The number of furan rings is 1. The summed E-state index contributed by atoms with van der Waals surface area (Å²) in [7, 11) is 0. The van der Waals surface area contributed by atoms with Gasteiger partial charge in [-0.3, -0.25) is 9.59 Å². The van der Waals surface area contributed by atoms with Crippen molar-refractivity contribution in [2.45, 2.75) is 6.54 Å². The predicted octanol–water partition coefficient (Wildman–Crippen LogP) is 2.54. The number of hydrogen-bond donors (Lipinski definition) is 1. The summed E-state index contributed by atoms with van der Waals surface area (Å²) < 4.78 is 7.56. The van der Waals surface area contributed by atoms with Crippen molar-refractivity contribution in [2.75, 3.05) is 6.54 Å². The number of amides is 1. The number of fused-ring (bicyclic) bond motifs is 1. The lowest BCUT2D eigenvalue weighted by Gasteiger charge is -2.08. The first-order valence-electron chi connectivity index (χ1n) is 7.94. The normalized spacial score (nSPS) is 10.9. The fraction of sp³-hybridized carbons (Fsp3) is 0.111. The molecule has 3 aromatic heterocycles. The van der Waals surface area contributed by atoms with E-state index in [0.717, 1.165) is 10.2 Å². The van der Waals surface area contributed by atoms with Crippen molar-refractivity contribution >= 4 is 27.5 Å². The fourth-order valence-corrected chi connectivity index (χ4v) is 3.25. The third-order valence-corrected chi connectivity index (χ3v) is 4.63. The highest BCUT2D eigenvalue weighted by molar-refractivity contribution is 7.16. The maximum atomic E-state index is 12.3. The summed E-state index contributed by atoms with van der Waals surface area (Å²) in [5, 5.41) is 7.08. The van der Waals surface area contributed by atoms with Crippen LogP contribution in [-0.2, 0) is 6.54 Å². The molecule has 4 rings (SSSR count). The van der Waals surface area contributed by atoms with Crippen molar-refractivity contribution in [3.8, 4) is 11.5 Å². The highest BCUT2D eigenvalue weighted by atomic mass is 32.1. The van der Waals surface area contributed by atoms with Crippen molar-refractivity contribution in [2.24, 2.45) is 0 Å². The van der Waals surface area contributed by atoms with Gasteiger partial charge in [-0.1, -0.05) is 0 Å². The molecule has 1 aromatic carbocycles. The van der Waals surface area contributed by atoms with Crippen LogP contribution in [0.25, 0.3) is 21.7 Å². The fourth-order valence-electron chi connectivity index (χ4n) is 2.54. The minimum Gasteiger partial charge on any atom is -0.463 e. The summed E-state index contributed by atoms with van der Waals surface area (Å²) >= 11 is 1.49. The maximum absolute atomic E-state index is 12.3. The van der Waals surface area contributed by atoms with Crippen LogP contribution < -0.4 is 10.9 Å². The molecule has 7 nitrogen and oxygen atoms in total. The molecule has 4 aromatic rings. The lowest BCUT2D eigenvalue weighted by Crippen LogP contribution is -2.31. The standard InChI is InChI=1S/C18H14N4O3S/c23-17-6-5-13(15-2-1-9-25-15)21-22(17)8-7-19-18(24)12-3-4-14-16(10-12)26-11-20-14/h1-6,9-11H,7-8H2,(H,19,24). The molecule has 0 unspecified atom stereocenters. The SMILES string of the molecule is O=C(NCCn1nc(-c2ccco2)ccc1=O)c1ccc2ncsc2c1. The van der Waals surface area contributed by atoms with Gasteiger partial charge in [0.2, 0.25) is 0 Å². The lowest BCUT2D eigenvalue weighted by atomic mass is 10.2. The summed E-state index contributed by atoms with van der Waals surface area (Å²) in [6.07, 6.45) is 1.55. The molecule has 0 spiro atoms. The molecule has 1 N–H and O–H groups in total. The first-order chi connectivity index (χ1) is 12.7. The average molecular weight is 366 g/mol. The Hall–Kier alpha value is -3.26. The quantitative estimate of drug-likeness (QED) is 0.586. The molecule has 8 heteroatoms. The van der Waals surface area contributed by atoms with Crippen LogP contribution in [-0.4, -0.2) is 27.2 Å². The van der Waals surface area contributed by atoms with E-state index in [2.05, 4.69) is 15.4 Å². The van der Waals surface area contributed by atoms with E-state index in [-0.39, 0.29) is 24.6 Å². The van der Waals surface area contributed by atoms with Gasteiger partial charge in [0, 0.05) is 18.2 Å². The number of carbonyl (C=O) groups is 1. The van der Waals surface area contributed by atoms with E-state index in [0.29, 0.717) is 17.0 Å². The summed E-state index contributed by atoms with van der Waals surface area (Å²) in [6.45, 7) is 0.552. The number of nitrogens with one attached hydrogen (secondary N) is 1. The number of aromatic nitrogens is 3. The van der Waals surface area contributed by atoms with Crippen molar-refractivity contribution in [1.29, 1.82) is 0 Å². The van der Waals surface area contributed by atoms with Crippen LogP contribution in [0.5, 0.6) is 0 Å². The van der Waals surface area contributed by atoms with Crippen LogP contribution in [0.15, 0.2) is 63.4 Å². The molecule has 0 saturated heterocycles. The molecular weight excluding hydrogens is 352 g/mol. The van der Waals surface area contributed by atoms with Gasteiger partial charge >= 0.3 is 0 Å². The van der Waals surface area contributed by atoms with E-state index >= 15 is 0 Å². The number of carbonyl (C=O) groups excluding carboxylic acids is 1. The third-order valence-electron chi connectivity index (χ3n) is 3.84. The van der Waals surface area contributed by atoms with Gasteiger partial charge in [0.25, 0.3) is 11.5 Å². The molecule has 0 atom stereocenters. The molecule has 0 aliphatic heterocycles. The molecule has 0 fully saturated rings. The Morgan fingerprint density at radius 2 is 2.15 bits per heavy atom. The molecule has 0 aliphatic carbocycles. The van der Waals surface area contributed by atoms with Crippen molar-refractivity contribution < 1.29 is 9.21 Å². The summed E-state index contributed by atoms with van der Waals surface area (Å²) in [6, 6.07) is 11.9. The second-order valence-electron chi connectivity index (χ2n) is 5.55. The van der Waals surface area contributed by atoms with E-state index in [9.17, 15) is 9.59 Å². The minimum absolute atomic E-state index is 0.199. The molecular formula is C18H14N4O3S. The van der Waals surface area contributed by atoms with Gasteiger partial charge in [0.1, 0.15) is 5.69 Å². The van der Waals surface area contributed by atoms with Gasteiger partial charge in [-0.25, -0.2) is 9.67 Å². The Kier molecular flexibility index (Phi) is 4.32. The number of benzene rings is 1. The van der Waals surface area contributed by atoms with Crippen molar-refractivity contribution in [1.82, 2.24) is 20.1 Å². The van der Waals surface area contributed by atoms with Crippen LogP contribution in [0.3, 0.4) is 0 Å². The van der Waals surface area contributed by atoms with Gasteiger partial charge in [0.05, 0.1) is 28.5 Å². The Bertz CT molecular complexity index is 1110.